The van der Waals surface area contributed by atoms with E-state index in [1.54, 1.807) is 6.07 Å². The normalized spacial score (nSPS) is 12.5. The number of aliphatic hydroxyl groups is 1. The molecule has 1 atom stereocenters. The molecule has 5 heteroatoms. The molecule has 0 aliphatic carbocycles. The molecule has 106 valence electrons. The zero-order chi connectivity index (χ0) is 14.4. The van der Waals surface area contributed by atoms with Crippen LogP contribution in [0.25, 0.3) is 0 Å². The molecule has 0 aliphatic rings. The van der Waals surface area contributed by atoms with Gasteiger partial charge in [0, 0.05) is 17.8 Å². The molecule has 19 heavy (non-hydrogen) atoms. The number of nitrogens with one attached hydrogen (secondary N) is 1. The minimum atomic E-state index is -0.545. The van der Waals surface area contributed by atoms with Gasteiger partial charge in [-0.3, -0.25) is 4.79 Å². The van der Waals surface area contributed by atoms with Crippen LogP contribution < -0.4 is 5.32 Å². The van der Waals surface area contributed by atoms with Crippen LogP contribution in [0.2, 0.25) is 5.15 Å². The third kappa shape index (κ3) is 5.17. The van der Waals surface area contributed by atoms with Gasteiger partial charge in [-0.2, -0.15) is 0 Å². The summed E-state index contributed by atoms with van der Waals surface area (Å²) in [6, 6.07) is 3.28. The molecule has 1 unspecified atom stereocenters. The van der Waals surface area contributed by atoms with Crippen molar-refractivity contribution in [1.29, 1.82) is 0 Å². The number of carbonyl (C=O) groups is 1. The minimum Gasteiger partial charge on any atom is -0.391 e. The van der Waals surface area contributed by atoms with Gasteiger partial charge in [0.15, 0.2) is 0 Å². The number of rotatable bonds is 6. The maximum Gasteiger partial charge on any atom is 0.251 e. The van der Waals surface area contributed by atoms with Crippen molar-refractivity contribution in [1.82, 2.24) is 10.3 Å². The van der Waals surface area contributed by atoms with Crippen LogP contribution in [0.4, 0.5) is 0 Å². The van der Waals surface area contributed by atoms with Gasteiger partial charge in [-0.1, -0.05) is 38.8 Å². The molecular weight excluding hydrogens is 264 g/mol. The van der Waals surface area contributed by atoms with Crippen molar-refractivity contribution in [3.63, 3.8) is 0 Å². The number of hydrogen-bond donors (Lipinski definition) is 2. The van der Waals surface area contributed by atoms with E-state index in [0.717, 1.165) is 18.5 Å². The van der Waals surface area contributed by atoms with Gasteiger partial charge in [0.2, 0.25) is 0 Å². The second kappa shape index (κ2) is 7.46. The van der Waals surface area contributed by atoms with E-state index in [9.17, 15) is 9.90 Å². The molecule has 1 amide bonds. The summed E-state index contributed by atoms with van der Waals surface area (Å²) in [6.07, 6.45) is 1.19. The Balaban J connectivity index is 2.71. The Hall–Kier alpha value is -1.13. The van der Waals surface area contributed by atoms with Gasteiger partial charge < -0.3 is 10.4 Å². The monoisotopic (exact) mass is 284 g/mol. The van der Waals surface area contributed by atoms with E-state index >= 15 is 0 Å². The molecular formula is C14H21ClN2O2. The highest BCUT2D eigenvalue weighted by Crippen LogP contribution is 2.12. The van der Waals surface area contributed by atoms with Crippen LogP contribution in [0.1, 0.15) is 43.2 Å². The number of aromatic nitrogens is 1. The Morgan fingerprint density at radius 3 is 2.74 bits per heavy atom. The molecule has 4 nitrogen and oxygen atoms in total. The lowest BCUT2D eigenvalue weighted by atomic mass is 10.1. The molecule has 1 aromatic heterocycles. The second-order valence-corrected chi connectivity index (χ2v) is 5.33. The lowest BCUT2D eigenvalue weighted by Crippen LogP contribution is -2.34. The SMILES string of the molecule is CCCc1cc(C(=O)NCC(O)C(C)C)cc(Cl)n1. The van der Waals surface area contributed by atoms with Gasteiger partial charge in [0.25, 0.3) is 5.91 Å². The molecule has 1 aromatic rings. The van der Waals surface area contributed by atoms with Crippen molar-refractivity contribution in [2.75, 3.05) is 6.54 Å². The minimum absolute atomic E-state index is 0.108. The Morgan fingerprint density at radius 1 is 1.47 bits per heavy atom. The number of aliphatic hydroxyl groups excluding tert-OH is 1. The van der Waals surface area contributed by atoms with Crippen LogP contribution in [0.3, 0.4) is 0 Å². The molecule has 0 saturated carbocycles. The zero-order valence-electron chi connectivity index (χ0n) is 11.6. The summed E-state index contributed by atoms with van der Waals surface area (Å²) in [4.78, 5) is 16.1. The third-order valence-electron chi connectivity index (χ3n) is 2.86. The maximum atomic E-state index is 12.0. The second-order valence-electron chi connectivity index (χ2n) is 4.94. The highest BCUT2D eigenvalue weighted by Gasteiger charge is 2.13. The van der Waals surface area contributed by atoms with E-state index in [2.05, 4.69) is 10.3 Å². The summed E-state index contributed by atoms with van der Waals surface area (Å²) < 4.78 is 0. The average molecular weight is 285 g/mol. The van der Waals surface area contributed by atoms with Crippen molar-refractivity contribution >= 4 is 17.5 Å². The van der Waals surface area contributed by atoms with Crippen LogP contribution in [0, 0.1) is 5.92 Å². The van der Waals surface area contributed by atoms with E-state index in [-0.39, 0.29) is 18.4 Å². The molecule has 0 bridgehead atoms. The number of pyridine rings is 1. The molecule has 1 heterocycles. The smallest absolute Gasteiger partial charge is 0.251 e. The highest BCUT2D eigenvalue weighted by atomic mass is 35.5. The Morgan fingerprint density at radius 2 is 2.16 bits per heavy atom. The van der Waals surface area contributed by atoms with Gasteiger partial charge in [0.05, 0.1) is 6.10 Å². The van der Waals surface area contributed by atoms with Crippen LogP contribution in [0.15, 0.2) is 12.1 Å². The molecule has 0 spiro atoms. The van der Waals surface area contributed by atoms with Crippen LogP contribution >= 0.6 is 11.6 Å². The molecule has 0 radical (unpaired) electrons. The standard InChI is InChI=1S/C14H21ClN2O2/c1-4-5-11-6-10(7-13(15)17-11)14(19)16-8-12(18)9(2)3/h6-7,9,12,18H,4-5,8H2,1-3H3,(H,16,19). The fraction of sp³-hybridized carbons (Fsp3) is 0.571. The summed E-state index contributed by atoms with van der Waals surface area (Å²) >= 11 is 5.90. The van der Waals surface area contributed by atoms with Crippen LogP contribution in [-0.2, 0) is 6.42 Å². The first kappa shape index (κ1) is 15.9. The predicted octanol–water partition coefficient (Wildman–Crippen LogP) is 2.43. The molecule has 2 N–H and O–H groups in total. The van der Waals surface area contributed by atoms with E-state index in [4.69, 9.17) is 11.6 Å². The van der Waals surface area contributed by atoms with Crippen LogP contribution in [-0.4, -0.2) is 28.6 Å². The van der Waals surface area contributed by atoms with Crippen LogP contribution in [0.5, 0.6) is 0 Å². The van der Waals surface area contributed by atoms with Gasteiger partial charge in [0.1, 0.15) is 5.15 Å². The quantitative estimate of drug-likeness (QED) is 0.789. The van der Waals surface area contributed by atoms with E-state index in [1.807, 2.05) is 20.8 Å². The average Bonchev–Trinajstić information content (AvgIpc) is 2.35. The van der Waals surface area contributed by atoms with E-state index in [0.29, 0.717) is 10.7 Å². The molecule has 0 saturated heterocycles. The fourth-order valence-electron chi connectivity index (χ4n) is 1.60. The first-order chi connectivity index (χ1) is 8.93. The summed E-state index contributed by atoms with van der Waals surface area (Å²) in [5.41, 5.74) is 1.30. The lowest BCUT2D eigenvalue weighted by Gasteiger charge is -2.15. The maximum absolute atomic E-state index is 12.0. The number of carbonyl (C=O) groups excluding carboxylic acids is 1. The molecule has 0 fully saturated rings. The largest absolute Gasteiger partial charge is 0.391 e. The van der Waals surface area contributed by atoms with Gasteiger partial charge in [-0.15, -0.1) is 0 Å². The van der Waals surface area contributed by atoms with Crippen molar-refractivity contribution in [2.24, 2.45) is 5.92 Å². The Bertz CT molecular complexity index is 435. The zero-order valence-corrected chi connectivity index (χ0v) is 12.4. The van der Waals surface area contributed by atoms with Gasteiger partial charge >= 0.3 is 0 Å². The molecule has 0 aliphatic heterocycles. The summed E-state index contributed by atoms with van der Waals surface area (Å²) in [6.45, 7) is 6.08. The first-order valence-electron chi connectivity index (χ1n) is 6.56. The number of amides is 1. The van der Waals surface area contributed by atoms with Crippen molar-refractivity contribution < 1.29 is 9.90 Å². The first-order valence-corrected chi connectivity index (χ1v) is 6.94. The molecule has 1 rings (SSSR count). The predicted molar refractivity (Wildman–Crippen MR) is 76.4 cm³/mol. The topological polar surface area (TPSA) is 62.2 Å². The van der Waals surface area contributed by atoms with E-state index < -0.39 is 6.10 Å². The number of nitrogens with zero attached hydrogens (tertiary/aromatic N) is 1. The highest BCUT2D eigenvalue weighted by molar-refractivity contribution is 6.29. The van der Waals surface area contributed by atoms with Crippen molar-refractivity contribution in [3.05, 3.63) is 28.5 Å². The van der Waals surface area contributed by atoms with E-state index in [1.165, 1.54) is 6.07 Å². The number of aryl methyl sites for hydroxylation is 1. The summed E-state index contributed by atoms with van der Waals surface area (Å²) in [5, 5.41) is 12.7. The number of halogens is 1. The Labute approximate surface area is 119 Å². The van der Waals surface area contributed by atoms with Gasteiger partial charge in [-0.25, -0.2) is 4.98 Å². The fourth-order valence-corrected chi connectivity index (χ4v) is 1.83. The molecule has 0 aromatic carbocycles. The third-order valence-corrected chi connectivity index (χ3v) is 3.05. The number of hydrogen-bond acceptors (Lipinski definition) is 3. The van der Waals surface area contributed by atoms with Crippen molar-refractivity contribution in [3.8, 4) is 0 Å². The lowest BCUT2D eigenvalue weighted by molar-refractivity contribution is 0.0871. The van der Waals surface area contributed by atoms with Gasteiger partial charge in [-0.05, 0) is 24.5 Å². The summed E-state index contributed by atoms with van der Waals surface area (Å²) in [5.74, 6) is -0.127. The Kier molecular flexibility index (Phi) is 6.25. The van der Waals surface area contributed by atoms with Crippen molar-refractivity contribution in [2.45, 2.75) is 39.7 Å². The summed E-state index contributed by atoms with van der Waals surface area (Å²) in [7, 11) is 0.